The van der Waals surface area contributed by atoms with Crippen molar-refractivity contribution in [1.82, 2.24) is 14.5 Å². The Morgan fingerprint density at radius 1 is 1.18 bits per heavy atom. The van der Waals surface area contributed by atoms with E-state index in [4.69, 9.17) is 25.2 Å². The van der Waals surface area contributed by atoms with Crippen LogP contribution in [0.5, 0.6) is 0 Å². The zero-order valence-electron chi connectivity index (χ0n) is 16.1. The van der Waals surface area contributed by atoms with Gasteiger partial charge in [0.1, 0.15) is 24.4 Å². The van der Waals surface area contributed by atoms with Crippen molar-refractivity contribution in [2.45, 2.75) is 24.0 Å². The molecule has 1 saturated heterocycles. The van der Waals surface area contributed by atoms with Crippen molar-refractivity contribution >= 4 is 40.3 Å². The van der Waals surface area contributed by atoms with E-state index in [1.165, 1.54) is 12.3 Å². The second-order valence-corrected chi connectivity index (χ2v) is 11.1. The van der Waals surface area contributed by atoms with Crippen molar-refractivity contribution in [1.29, 1.82) is 0 Å². The van der Waals surface area contributed by atoms with E-state index in [0.29, 0.717) is 0 Å². The predicted octanol–water partition coefficient (Wildman–Crippen LogP) is -0.684. The average molecular weight is 538 g/mol. The van der Waals surface area contributed by atoms with E-state index in [1.54, 1.807) is 0 Å². The van der Waals surface area contributed by atoms with Crippen molar-refractivity contribution in [3.8, 4) is 0 Å². The van der Waals surface area contributed by atoms with Gasteiger partial charge in [0, 0.05) is 6.20 Å². The third-order valence-electron chi connectivity index (χ3n) is 4.37. The maximum absolute atomic E-state index is 13.8. The van der Waals surface area contributed by atoms with E-state index in [0.717, 1.165) is 10.9 Å². The summed E-state index contributed by atoms with van der Waals surface area (Å²) in [6, 6.07) is 1.43. The molecule has 33 heavy (non-hydrogen) atoms. The monoisotopic (exact) mass is 538 g/mol. The molecular formula is C12H18FN4O13P3. The number of nitrogens with zero attached hydrogens (tertiary/aromatic N) is 3. The first-order valence-corrected chi connectivity index (χ1v) is 13.1. The molecule has 3 heterocycles. The van der Waals surface area contributed by atoms with Crippen LogP contribution >= 0.6 is 23.5 Å². The molecule has 8 N–H and O–H groups in total. The lowest BCUT2D eigenvalue weighted by atomic mass is 9.95. The van der Waals surface area contributed by atoms with Gasteiger partial charge in [-0.1, -0.05) is 0 Å². The van der Waals surface area contributed by atoms with E-state index < -0.39 is 60.8 Å². The van der Waals surface area contributed by atoms with Gasteiger partial charge >= 0.3 is 23.5 Å². The molecule has 0 radical (unpaired) electrons. The van der Waals surface area contributed by atoms with Crippen LogP contribution in [0.25, 0.3) is 11.2 Å². The molecule has 0 amide bonds. The van der Waals surface area contributed by atoms with Gasteiger partial charge in [-0.3, -0.25) is 9.09 Å². The number of anilines is 1. The molecule has 21 heteroatoms. The quantitative estimate of drug-likeness (QED) is 0.195. The highest BCUT2D eigenvalue weighted by atomic mass is 31.3. The van der Waals surface area contributed by atoms with Crippen LogP contribution in [0.2, 0.25) is 0 Å². The van der Waals surface area contributed by atoms with Crippen LogP contribution in [-0.4, -0.2) is 75.4 Å². The summed E-state index contributed by atoms with van der Waals surface area (Å²) in [4.78, 5) is 43.7. The van der Waals surface area contributed by atoms with E-state index >= 15 is 0 Å². The molecule has 0 aromatic carbocycles. The molecule has 2 aromatic rings. The van der Waals surface area contributed by atoms with Crippen LogP contribution in [0.4, 0.5) is 10.1 Å². The van der Waals surface area contributed by atoms with E-state index in [1.807, 2.05) is 0 Å². The first kappa shape index (κ1) is 26.2. The number of phosphoric acid groups is 3. The molecule has 0 bridgehead atoms. The fraction of sp³-hybridized carbons (Fsp3) is 0.500. The van der Waals surface area contributed by atoms with Gasteiger partial charge in [-0.05, 0) is 6.07 Å². The maximum Gasteiger partial charge on any atom is 0.490 e. The smallest absolute Gasteiger partial charge is 0.397 e. The number of aromatic nitrogens is 3. The molecule has 0 spiro atoms. The van der Waals surface area contributed by atoms with Crippen molar-refractivity contribution in [3.63, 3.8) is 0 Å². The summed E-state index contributed by atoms with van der Waals surface area (Å²) in [7, 11) is -16.9. The first-order valence-electron chi connectivity index (χ1n) is 8.56. The fourth-order valence-corrected chi connectivity index (χ4v) is 6.03. The number of nitrogens with two attached hydrogens (primary N) is 1. The van der Waals surface area contributed by atoms with Gasteiger partial charge in [0.05, 0.1) is 18.6 Å². The number of halogens is 1. The van der Waals surface area contributed by atoms with Crippen molar-refractivity contribution < 1.29 is 65.8 Å². The molecule has 0 saturated carbocycles. The third kappa shape index (κ3) is 5.66. The van der Waals surface area contributed by atoms with Crippen LogP contribution in [0, 0.1) is 0 Å². The molecular weight excluding hydrogens is 520 g/mol. The second kappa shape index (κ2) is 9.02. The van der Waals surface area contributed by atoms with Gasteiger partial charge in [-0.25, -0.2) is 28.1 Å². The number of aliphatic hydroxyl groups excluding tert-OH is 1. The minimum atomic E-state index is -5.77. The Kier molecular flexibility index (Phi) is 7.17. The number of hydrogen-bond acceptors (Lipinski definition) is 12. The fourth-order valence-electron chi connectivity index (χ4n) is 3.00. The molecule has 2 aromatic heterocycles. The number of phosphoric ester groups is 1. The highest BCUT2D eigenvalue weighted by Crippen LogP contribution is 2.66. The highest BCUT2D eigenvalue weighted by molar-refractivity contribution is 7.66. The van der Waals surface area contributed by atoms with Crippen molar-refractivity contribution in [2.24, 2.45) is 0 Å². The minimum absolute atomic E-state index is 0.0487. The second-order valence-electron chi connectivity index (χ2n) is 6.71. The van der Waals surface area contributed by atoms with Crippen LogP contribution < -0.4 is 5.73 Å². The molecule has 3 rings (SSSR count). The largest absolute Gasteiger partial charge is 0.490 e. The van der Waals surface area contributed by atoms with Gasteiger partial charge < -0.3 is 40.3 Å². The summed E-state index contributed by atoms with van der Waals surface area (Å²) < 4.78 is 65.6. The molecule has 1 aliphatic heterocycles. The van der Waals surface area contributed by atoms with Gasteiger partial charge in [-0.15, -0.1) is 0 Å². The third-order valence-corrected chi connectivity index (χ3v) is 8.17. The molecule has 17 nitrogen and oxygen atoms in total. The SMILES string of the molecule is Nc1ccnc2c1ncn2[C@@H]1O[C@H](COP(=O)(O)OP(=O)(O)OP(=O)(O)O)[C@@H](O)[C@]1(O)CF. The lowest BCUT2D eigenvalue weighted by Gasteiger charge is -2.28. The summed E-state index contributed by atoms with van der Waals surface area (Å²) in [6.45, 7) is -2.68. The summed E-state index contributed by atoms with van der Waals surface area (Å²) in [5.74, 6) is 0. The number of hydrogen-bond donors (Lipinski definition) is 7. The molecule has 1 aliphatic rings. The summed E-state index contributed by atoms with van der Waals surface area (Å²) in [5.41, 5.74) is 3.57. The number of nitrogen functional groups attached to an aromatic ring is 1. The Balaban J connectivity index is 1.78. The topological polar surface area (TPSA) is 266 Å². The van der Waals surface area contributed by atoms with E-state index in [-0.39, 0.29) is 16.9 Å². The molecule has 2 unspecified atom stereocenters. The molecule has 0 aliphatic carbocycles. The van der Waals surface area contributed by atoms with Crippen molar-refractivity contribution in [3.05, 3.63) is 18.6 Å². The van der Waals surface area contributed by atoms with Crippen LogP contribution in [0.3, 0.4) is 0 Å². The maximum atomic E-state index is 13.8. The Bertz CT molecular complexity index is 1170. The summed E-state index contributed by atoms with van der Waals surface area (Å²) in [5, 5.41) is 21.0. The number of imidazole rings is 1. The first-order chi connectivity index (χ1) is 15.1. The van der Waals surface area contributed by atoms with Crippen molar-refractivity contribution in [2.75, 3.05) is 19.0 Å². The Morgan fingerprint density at radius 3 is 2.45 bits per heavy atom. The number of fused-ring (bicyclic) bond motifs is 1. The zero-order chi connectivity index (χ0) is 24.8. The minimum Gasteiger partial charge on any atom is -0.397 e. The number of ether oxygens (including phenoxy) is 1. The lowest BCUT2D eigenvalue weighted by Crippen LogP contribution is -2.49. The highest BCUT2D eigenvalue weighted by Gasteiger charge is 2.57. The Hall–Kier alpha value is -1.36. The van der Waals surface area contributed by atoms with Crippen LogP contribution in [0.15, 0.2) is 18.6 Å². The van der Waals surface area contributed by atoms with Gasteiger partial charge in [-0.2, -0.15) is 8.62 Å². The van der Waals surface area contributed by atoms with E-state index in [2.05, 4.69) is 23.1 Å². The van der Waals surface area contributed by atoms with Crippen LogP contribution in [0.1, 0.15) is 6.23 Å². The Labute approximate surface area is 183 Å². The molecule has 186 valence electrons. The average Bonchev–Trinajstić information content (AvgIpc) is 3.18. The van der Waals surface area contributed by atoms with E-state index in [9.17, 15) is 33.2 Å². The predicted molar refractivity (Wildman–Crippen MR) is 103 cm³/mol. The number of aliphatic hydroxyl groups is 2. The number of rotatable bonds is 9. The molecule has 1 fully saturated rings. The standard InChI is InChI=1S/C12H18FN4O13P3/c13-4-12(19)9(18)7(3-27-32(23,24)30-33(25,26)29-31(20,21)22)28-11(12)17-5-16-8-6(14)1-2-15-10(8)17/h1-2,5,7,9,11,18-19H,3-4H2,(H2,14,15)(H,23,24)(H,25,26)(H2,20,21,22)/t7-,9-,11-,12-/m1/s1. The Morgan fingerprint density at radius 2 is 1.85 bits per heavy atom. The number of alkyl halides is 1. The van der Waals surface area contributed by atoms with Crippen LogP contribution in [-0.2, 0) is 31.6 Å². The summed E-state index contributed by atoms with van der Waals surface area (Å²) >= 11 is 0. The lowest BCUT2D eigenvalue weighted by molar-refractivity contribution is -0.118. The summed E-state index contributed by atoms with van der Waals surface area (Å²) in [6.07, 6.45) is -3.07. The van der Waals surface area contributed by atoms with Gasteiger partial charge in [0.25, 0.3) is 0 Å². The zero-order valence-corrected chi connectivity index (χ0v) is 18.7. The molecule has 6 atom stereocenters. The normalized spacial score (nSPS) is 29.7. The van der Waals surface area contributed by atoms with Gasteiger partial charge in [0.2, 0.25) is 0 Å². The van der Waals surface area contributed by atoms with Gasteiger partial charge in [0.15, 0.2) is 17.5 Å². The number of pyridine rings is 1.